The smallest absolute Gasteiger partial charge is 0.217 e. The van der Waals surface area contributed by atoms with Crippen molar-refractivity contribution in [3.05, 3.63) is 83.3 Å². The zero-order valence-corrected chi connectivity index (χ0v) is 23.6. The summed E-state index contributed by atoms with van der Waals surface area (Å²) in [4.78, 5) is 0. The van der Waals surface area contributed by atoms with Gasteiger partial charge in [-0.05, 0) is 74.8 Å². The van der Waals surface area contributed by atoms with Gasteiger partial charge in [-0.15, -0.1) is 5.10 Å². The molecule has 0 aromatic heterocycles. The van der Waals surface area contributed by atoms with Gasteiger partial charge in [-0.2, -0.15) is 5.10 Å². The molecule has 3 N–H and O–H groups in total. The van der Waals surface area contributed by atoms with E-state index in [4.69, 9.17) is 4.74 Å². The summed E-state index contributed by atoms with van der Waals surface area (Å²) >= 11 is 0. The molecule has 3 rings (SSSR count). The Morgan fingerprint density at radius 1 is 1.11 bits per heavy atom. The molecule has 0 heterocycles. The van der Waals surface area contributed by atoms with Gasteiger partial charge in [-0.3, -0.25) is 0 Å². The molecule has 1 aliphatic carbocycles. The van der Waals surface area contributed by atoms with E-state index in [1.807, 2.05) is 25.2 Å². The fourth-order valence-corrected chi connectivity index (χ4v) is 5.01. The lowest BCUT2D eigenvalue weighted by atomic mass is 9.79. The molecule has 1 fully saturated rings. The van der Waals surface area contributed by atoms with Crippen LogP contribution in [0.3, 0.4) is 0 Å². The van der Waals surface area contributed by atoms with Crippen molar-refractivity contribution in [2.75, 3.05) is 18.9 Å². The van der Waals surface area contributed by atoms with Crippen LogP contribution >= 0.6 is 0 Å². The molecule has 0 aliphatic heterocycles. The van der Waals surface area contributed by atoms with Gasteiger partial charge < -0.3 is 20.7 Å². The van der Waals surface area contributed by atoms with Crippen LogP contribution in [0.15, 0.2) is 82.4 Å². The van der Waals surface area contributed by atoms with Gasteiger partial charge in [0, 0.05) is 55.4 Å². The molecule has 0 radical (unpaired) electrons. The van der Waals surface area contributed by atoms with Crippen molar-refractivity contribution in [1.29, 1.82) is 0 Å². The van der Waals surface area contributed by atoms with Crippen molar-refractivity contribution < 1.29 is 4.74 Å². The minimum absolute atomic E-state index is 0.172. The molecule has 2 aromatic rings. The highest BCUT2D eigenvalue weighted by Gasteiger charge is 2.30. The van der Waals surface area contributed by atoms with Crippen molar-refractivity contribution in [1.82, 2.24) is 10.6 Å². The van der Waals surface area contributed by atoms with Gasteiger partial charge in [0.05, 0.1) is 0 Å². The van der Waals surface area contributed by atoms with Gasteiger partial charge in [0.15, 0.2) is 0 Å². The Morgan fingerprint density at radius 2 is 1.87 bits per heavy atom. The quantitative estimate of drug-likeness (QED) is 0.150. The zero-order valence-electron chi connectivity index (χ0n) is 23.6. The normalized spacial score (nSPS) is 18.3. The van der Waals surface area contributed by atoms with Crippen LogP contribution in [0.25, 0.3) is 0 Å². The van der Waals surface area contributed by atoms with Crippen LogP contribution in [-0.4, -0.2) is 26.2 Å². The van der Waals surface area contributed by atoms with E-state index in [2.05, 4.69) is 90.6 Å². The Morgan fingerprint density at radius 3 is 2.58 bits per heavy atom. The third-order valence-electron chi connectivity index (χ3n) is 7.26. The highest BCUT2D eigenvalue weighted by molar-refractivity contribution is 5.81. The standard InChI is InChI=1S/C32H45N5O/c1-7-12-26-18-17-23(2)21-31(26)38-32(37-34-6)28-14-11-13-27(22-28)24(3)36-30(25(4)33-5)19-20-35-29-15-9-8-10-16-29/h8-10,15-18,21,27-28,33,35-36H,3,6-7,11-14,19-20,22H2,1-2,4-5H3/b30-25+,37-32-. The van der Waals surface area contributed by atoms with E-state index < -0.39 is 0 Å². The van der Waals surface area contributed by atoms with Gasteiger partial charge >= 0.3 is 0 Å². The minimum Gasteiger partial charge on any atom is -0.441 e. The highest BCUT2D eigenvalue weighted by Crippen LogP contribution is 2.35. The molecule has 2 unspecified atom stereocenters. The van der Waals surface area contributed by atoms with Crippen LogP contribution in [-0.2, 0) is 6.42 Å². The van der Waals surface area contributed by atoms with Crippen LogP contribution in [0.4, 0.5) is 5.69 Å². The molecule has 0 bridgehead atoms. The number of rotatable bonds is 13. The Balaban J connectivity index is 1.67. The maximum absolute atomic E-state index is 6.46. The zero-order chi connectivity index (χ0) is 27.3. The summed E-state index contributed by atoms with van der Waals surface area (Å²) in [7, 11) is 1.96. The summed E-state index contributed by atoms with van der Waals surface area (Å²) in [6.07, 6.45) is 7.01. The largest absolute Gasteiger partial charge is 0.441 e. The number of anilines is 1. The van der Waals surface area contributed by atoms with E-state index in [0.717, 1.165) is 80.0 Å². The van der Waals surface area contributed by atoms with E-state index in [9.17, 15) is 0 Å². The summed E-state index contributed by atoms with van der Waals surface area (Å²) in [5, 5.41) is 18.7. The second kappa shape index (κ2) is 15.0. The highest BCUT2D eigenvalue weighted by atomic mass is 16.5. The summed E-state index contributed by atoms with van der Waals surface area (Å²) in [6.45, 7) is 15.3. The molecular weight excluding hydrogens is 470 g/mol. The molecule has 1 saturated carbocycles. The van der Waals surface area contributed by atoms with Gasteiger partial charge in [0.25, 0.3) is 0 Å². The maximum atomic E-state index is 6.46. The lowest BCUT2D eigenvalue weighted by Crippen LogP contribution is -2.31. The second-order valence-corrected chi connectivity index (χ2v) is 10.1. The Bertz CT molecular complexity index is 1120. The molecule has 2 atom stereocenters. The number of hydrogen-bond donors (Lipinski definition) is 3. The van der Waals surface area contributed by atoms with Crippen LogP contribution < -0.4 is 20.7 Å². The molecule has 0 saturated heterocycles. The first-order valence-corrected chi connectivity index (χ1v) is 13.9. The number of ether oxygens (including phenoxy) is 1. The van der Waals surface area contributed by atoms with Gasteiger partial charge in [-0.1, -0.05) is 56.7 Å². The number of nitrogens with zero attached hydrogens (tertiary/aromatic N) is 2. The van der Waals surface area contributed by atoms with Crippen molar-refractivity contribution in [2.24, 2.45) is 22.0 Å². The summed E-state index contributed by atoms with van der Waals surface area (Å²) in [6, 6.07) is 16.7. The molecule has 204 valence electrons. The Labute approximate surface area is 229 Å². The van der Waals surface area contributed by atoms with E-state index >= 15 is 0 Å². The molecular formula is C32H45N5O. The topological polar surface area (TPSA) is 70.0 Å². The van der Waals surface area contributed by atoms with Gasteiger partial charge in [0.2, 0.25) is 5.90 Å². The fourth-order valence-electron chi connectivity index (χ4n) is 5.01. The van der Waals surface area contributed by atoms with Crippen molar-refractivity contribution in [3.63, 3.8) is 0 Å². The number of hydrogen-bond acceptors (Lipinski definition) is 6. The first kappa shape index (κ1) is 29.0. The second-order valence-electron chi connectivity index (χ2n) is 10.1. The maximum Gasteiger partial charge on any atom is 0.217 e. The first-order chi connectivity index (χ1) is 18.4. The van der Waals surface area contributed by atoms with Crippen molar-refractivity contribution in [3.8, 4) is 5.75 Å². The predicted octanol–water partition coefficient (Wildman–Crippen LogP) is 7.20. The van der Waals surface area contributed by atoms with E-state index in [1.54, 1.807) is 0 Å². The van der Waals surface area contributed by atoms with Crippen LogP contribution in [0.5, 0.6) is 5.75 Å². The molecule has 6 heteroatoms. The Kier molecular flexibility index (Phi) is 11.5. The number of benzene rings is 2. The third-order valence-corrected chi connectivity index (χ3v) is 7.26. The number of nitrogens with one attached hydrogen (secondary N) is 3. The summed E-state index contributed by atoms with van der Waals surface area (Å²) in [5.41, 5.74) is 6.83. The summed E-state index contributed by atoms with van der Waals surface area (Å²) in [5.74, 6) is 2.04. The molecule has 2 aromatic carbocycles. The number of para-hydroxylation sites is 1. The average Bonchev–Trinajstić information content (AvgIpc) is 2.94. The molecule has 38 heavy (non-hydrogen) atoms. The molecule has 6 nitrogen and oxygen atoms in total. The lowest BCUT2D eigenvalue weighted by molar-refractivity contribution is 0.318. The average molecular weight is 516 g/mol. The number of aryl methyl sites for hydroxylation is 2. The van der Waals surface area contributed by atoms with E-state index in [1.165, 1.54) is 11.1 Å². The van der Waals surface area contributed by atoms with Crippen LogP contribution in [0, 0.1) is 18.8 Å². The molecule has 1 aliphatic rings. The lowest BCUT2D eigenvalue weighted by Gasteiger charge is -2.32. The first-order valence-electron chi connectivity index (χ1n) is 13.9. The fraction of sp³-hybridized carbons (Fsp3) is 0.438. The SMILES string of the molecule is C=N/N=C(\Oc1cc(C)ccc1CCC)C1CCCC(C(=C)N/C(CCNc2ccccc2)=C(\C)NC)C1. The van der Waals surface area contributed by atoms with E-state index in [0.29, 0.717) is 11.8 Å². The predicted molar refractivity (Wildman–Crippen MR) is 162 cm³/mol. The number of allylic oxidation sites excluding steroid dienone is 2. The van der Waals surface area contributed by atoms with E-state index in [-0.39, 0.29) is 5.92 Å². The molecule has 0 spiro atoms. The van der Waals surface area contributed by atoms with Gasteiger partial charge in [0.1, 0.15) is 5.75 Å². The van der Waals surface area contributed by atoms with Gasteiger partial charge in [-0.25, -0.2) is 0 Å². The van der Waals surface area contributed by atoms with Crippen molar-refractivity contribution >= 4 is 18.3 Å². The minimum atomic E-state index is 0.172. The third kappa shape index (κ3) is 8.51. The molecule has 0 amide bonds. The monoisotopic (exact) mass is 515 g/mol. The Hall–Kier alpha value is -3.54. The van der Waals surface area contributed by atoms with Crippen LogP contribution in [0.1, 0.15) is 63.5 Å². The summed E-state index contributed by atoms with van der Waals surface area (Å²) < 4.78 is 6.46. The van der Waals surface area contributed by atoms with Crippen molar-refractivity contribution in [2.45, 2.75) is 65.7 Å². The van der Waals surface area contributed by atoms with Crippen LogP contribution in [0.2, 0.25) is 0 Å².